The van der Waals surface area contributed by atoms with Crippen molar-refractivity contribution in [1.29, 1.82) is 0 Å². The van der Waals surface area contributed by atoms with Crippen molar-refractivity contribution in [3.63, 3.8) is 0 Å². The number of carbonyl (C=O) groups is 1. The van der Waals surface area contributed by atoms with E-state index in [1.807, 2.05) is 0 Å². The highest BCUT2D eigenvalue weighted by atomic mass is 35.5. The lowest BCUT2D eigenvalue weighted by Crippen LogP contribution is -2.00. The maximum atomic E-state index is 11.8. The molecule has 58 valence electrons. The van der Waals surface area contributed by atoms with Crippen molar-refractivity contribution in [2.24, 2.45) is 0 Å². The second-order valence-electron chi connectivity index (χ2n) is 2.04. The minimum atomic E-state index is -0.996. The molecule has 0 aliphatic carbocycles. The zero-order chi connectivity index (χ0) is 8.27. The number of carbonyl (C=O) groups excluding carboxylic acids is 1. The van der Waals surface area contributed by atoms with Crippen LogP contribution in [-0.2, 0) is 0 Å². The monoisotopic (exact) mass is 172 g/mol. The van der Waals surface area contributed by atoms with Gasteiger partial charge in [-0.3, -0.25) is 4.79 Å². The van der Waals surface area contributed by atoms with E-state index < -0.39 is 12.5 Å². The van der Waals surface area contributed by atoms with Gasteiger partial charge in [0.25, 0.3) is 0 Å². The van der Waals surface area contributed by atoms with Crippen LogP contribution < -0.4 is 0 Å². The quantitative estimate of drug-likeness (QED) is 0.627. The molecule has 0 atom stereocenters. The zero-order valence-corrected chi connectivity index (χ0v) is 6.44. The Morgan fingerprint density at radius 2 is 2.09 bits per heavy atom. The number of Topliss-reactive ketones (excluding diaryl/α,β-unsaturated/α-hetero) is 1. The standard InChI is InChI=1S/C8H6ClFO/c9-7-4-2-1-3-6(7)8(11)5-10/h1-4H,5H2. The van der Waals surface area contributed by atoms with Crippen LogP contribution in [0.4, 0.5) is 4.39 Å². The Kier molecular flexibility index (Phi) is 2.60. The second kappa shape index (κ2) is 3.49. The molecule has 0 saturated carbocycles. The van der Waals surface area contributed by atoms with Gasteiger partial charge in [0.15, 0.2) is 12.5 Å². The Labute approximate surface area is 68.8 Å². The molecule has 0 fully saturated rings. The van der Waals surface area contributed by atoms with Gasteiger partial charge >= 0.3 is 0 Å². The third-order valence-electron chi connectivity index (χ3n) is 1.30. The number of rotatable bonds is 2. The summed E-state index contributed by atoms with van der Waals surface area (Å²) in [7, 11) is 0. The van der Waals surface area contributed by atoms with Crippen LogP contribution in [0.15, 0.2) is 24.3 Å². The van der Waals surface area contributed by atoms with E-state index in [2.05, 4.69) is 0 Å². The third-order valence-corrected chi connectivity index (χ3v) is 1.63. The lowest BCUT2D eigenvalue weighted by molar-refractivity contribution is 0.0959. The molecular weight excluding hydrogens is 167 g/mol. The normalized spacial score (nSPS) is 9.64. The van der Waals surface area contributed by atoms with Crippen molar-refractivity contribution >= 4 is 17.4 Å². The van der Waals surface area contributed by atoms with Crippen molar-refractivity contribution < 1.29 is 9.18 Å². The number of benzene rings is 1. The summed E-state index contributed by atoms with van der Waals surface area (Å²) in [5, 5.41) is 0.301. The molecule has 0 aromatic heterocycles. The SMILES string of the molecule is O=C(CF)c1ccccc1Cl. The van der Waals surface area contributed by atoms with E-state index in [0.29, 0.717) is 5.02 Å². The van der Waals surface area contributed by atoms with Crippen molar-refractivity contribution in [3.8, 4) is 0 Å². The fraction of sp³-hybridized carbons (Fsp3) is 0.125. The van der Waals surface area contributed by atoms with E-state index >= 15 is 0 Å². The average Bonchev–Trinajstić information content (AvgIpc) is 2.04. The van der Waals surface area contributed by atoms with Gasteiger partial charge < -0.3 is 0 Å². The van der Waals surface area contributed by atoms with Crippen LogP contribution in [0.2, 0.25) is 5.02 Å². The Bertz CT molecular complexity index is 273. The van der Waals surface area contributed by atoms with Crippen LogP contribution in [-0.4, -0.2) is 12.5 Å². The van der Waals surface area contributed by atoms with Gasteiger partial charge in [0, 0.05) is 5.56 Å². The third kappa shape index (κ3) is 1.77. The van der Waals surface area contributed by atoms with Gasteiger partial charge in [0.05, 0.1) is 5.02 Å². The maximum Gasteiger partial charge on any atom is 0.195 e. The van der Waals surface area contributed by atoms with Crippen molar-refractivity contribution in [3.05, 3.63) is 34.9 Å². The fourth-order valence-corrected chi connectivity index (χ4v) is 1.00. The van der Waals surface area contributed by atoms with Crippen LogP contribution in [0, 0.1) is 0 Å². The molecule has 0 heterocycles. The van der Waals surface area contributed by atoms with Crippen LogP contribution in [0.5, 0.6) is 0 Å². The molecule has 0 unspecified atom stereocenters. The van der Waals surface area contributed by atoms with Gasteiger partial charge in [0.1, 0.15) is 0 Å². The highest BCUT2D eigenvalue weighted by Crippen LogP contribution is 2.15. The van der Waals surface area contributed by atoms with Gasteiger partial charge in [0.2, 0.25) is 0 Å². The van der Waals surface area contributed by atoms with Gasteiger partial charge in [-0.2, -0.15) is 0 Å². The molecule has 1 nitrogen and oxygen atoms in total. The first kappa shape index (κ1) is 8.21. The molecule has 0 bridgehead atoms. The number of alkyl halides is 1. The molecule has 0 aliphatic rings. The molecule has 11 heavy (non-hydrogen) atoms. The lowest BCUT2D eigenvalue weighted by Gasteiger charge is -1.97. The molecule has 1 aromatic rings. The summed E-state index contributed by atoms with van der Waals surface area (Å²) in [5.74, 6) is -0.574. The second-order valence-corrected chi connectivity index (χ2v) is 2.44. The summed E-state index contributed by atoms with van der Waals surface area (Å²) >= 11 is 5.61. The molecule has 1 rings (SSSR count). The first-order valence-electron chi connectivity index (χ1n) is 3.09. The molecule has 0 amide bonds. The minimum absolute atomic E-state index is 0.247. The number of hydrogen-bond donors (Lipinski definition) is 0. The summed E-state index contributed by atoms with van der Waals surface area (Å²) in [6, 6.07) is 6.40. The van der Waals surface area contributed by atoms with Gasteiger partial charge in [-0.25, -0.2) is 4.39 Å². The van der Waals surface area contributed by atoms with E-state index in [1.54, 1.807) is 18.2 Å². The van der Waals surface area contributed by atoms with Gasteiger partial charge in [-0.1, -0.05) is 23.7 Å². The number of ketones is 1. The number of halogens is 2. The maximum absolute atomic E-state index is 11.8. The van der Waals surface area contributed by atoms with Crippen molar-refractivity contribution in [2.75, 3.05) is 6.67 Å². The molecule has 3 heteroatoms. The van der Waals surface area contributed by atoms with Gasteiger partial charge in [-0.05, 0) is 12.1 Å². The van der Waals surface area contributed by atoms with Crippen LogP contribution >= 0.6 is 11.6 Å². The summed E-state index contributed by atoms with van der Waals surface area (Å²) in [4.78, 5) is 10.8. The molecule has 0 saturated heterocycles. The summed E-state index contributed by atoms with van der Waals surface area (Å²) in [6.07, 6.45) is 0. The largest absolute Gasteiger partial charge is 0.291 e. The Morgan fingerprint density at radius 3 is 2.64 bits per heavy atom. The Morgan fingerprint density at radius 1 is 1.45 bits per heavy atom. The first-order chi connectivity index (χ1) is 5.25. The van der Waals surface area contributed by atoms with Crippen molar-refractivity contribution in [1.82, 2.24) is 0 Å². The smallest absolute Gasteiger partial charge is 0.195 e. The lowest BCUT2D eigenvalue weighted by atomic mass is 10.1. The summed E-state index contributed by atoms with van der Waals surface area (Å²) in [6.45, 7) is -0.996. The number of hydrogen-bond acceptors (Lipinski definition) is 1. The summed E-state index contributed by atoms with van der Waals surface area (Å²) in [5.41, 5.74) is 0.247. The van der Waals surface area contributed by atoms with E-state index in [9.17, 15) is 9.18 Å². The minimum Gasteiger partial charge on any atom is -0.291 e. The van der Waals surface area contributed by atoms with E-state index in [4.69, 9.17) is 11.6 Å². The Balaban J connectivity index is 3.03. The molecule has 1 aromatic carbocycles. The highest BCUT2D eigenvalue weighted by molar-refractivity contribution is 6.34. The van der Waals surface area contributed by atoms with E-state index in [1.165, 1.54) is 6.07 Å². The van der Waals surface area contributed by atoms with Crippen molar-refractivity contribution in [2.45, 2.75) is 0 Å². The zero-order valence-electron chi connectivity index (χ0n) is 5.68. The highest BCUT2D eigenvalue weighted by Gasteiger charge is 2.07. The van der Waals surface area contributed by atoms with Crippen LogP contribution in [0.25, 0.3) is 0 Å². The van der Waals surface area contributed by atoms with Crippen LogP contribution in [0.1, 0.15) is 10.4 Å². The molecule has 0 aliphatic heterocycles. The van der Waals surface area contributed by atoms with Crippen LogP contribution in [0.3, 0.4) is 0 Å². The average molecular weight is 173 g/mol. The predicted molar refractivity (Wildman–Crippen MR) is 41.8 cm³/mol. The van der Waals surface area contributed by atoms with E-state index in [0.717, 1.165) is 0 Å². The summed E-state index contributed by atoms with van der Waals surface area (Å²) < 4.78 is 11.8. The molecule has 0 radical (unpaired) electrons. The van der Waals surface area contributed by atoms with E-state index in [-0.39, 0.29) is 5.56 Å². The fourth-order valence-electron chi connectivity index (χ4n) is 0.759. The van der Waals surface area contributed by atoms with Gasteiger partial charge in [-0.15, -0.1) is 0 Å². The molecule has 0 spiro atoms. The topological polar surface area (TPSA) is 17.1 Å². The molecular formula is C8H6ClFO. The Hall–Kier alpha value is -0.890. The molecule has 0 N–H and O–H groups in total. The predicted octanol–water partition coefficient (Wildman–Crippen LogP) is 2.49. The first-order valence-corrected chi connectivity index (χ1v) is 3.47.